The predicted octanol–water partition coefficient (Wildman–Crippen LogP) is 3.79. The Hall–Kier alpha value is -2.33. The molecule has 0 saturated carbocycles. The summed E-state index contributed by atoms with van der Waals surface area (Å²) in [5, 5.41) is 10.6. The number of allylic oxidation sites excluding steroid dienone is 1. The van der Waals surface area contributed by atoms with Crippen molar-refractivity contribution < 1.29 is 14.6 Å². The van der Waals surface area contributed by atoms with Crippen molar-refractivity contribution in [2.75, 3.05) is 0 Å². The molecule has 148 valence electrons. The van der Waals surface area contributed by atoms with Crippen molar-refractivity contribution in [3.05, 3.63) is 66.9 Å². The van der Waals surface area contributed by atoms with Crippen LogP contribution in [0.3, 0.4) is 0 Å². The van der Waals surface area contributed by atoms with Gasteiger partial charge in [-0.3, -0.25) is 4.79 Å². The number of fused-ring (bicyclic) bond motifs is 1. The van der Waals surface area contributed by atoms with E-state index in [1.807, 2.05) is 37.3 Å². The van der Waals surface area contributed by atoms with E-state index in [-0.39, 0.29) is 36.0 Å². The molecule has 0 spiro atoms. The van der Waals surface area contributed by atoms with Gasteiger partial charge in [0.05, 0.1) is 18.1 Å². The summed E-state index contributed by atoms with van der Waals surface area (Å²) in [7, 11) is 0. The van der Waals surface area contributed by atoms with Crippen LogP contribution in [0.2, 0.25) is 0 Å². The van der Waals surface area contributed by atoms with Crippen LogP contribution >= 0.6 is 0 Å². The summed E-state index contributed by atoms with van der Waals surface area (Å²) in [5.41, 5.74) is 1.13. The smallest absolute Gasteiger partial charge is 0.309 e. The Balaban J connectivity index is 1.66. The third-order valence-corrected chi connectivity index (χ3v) is 6.47. The highest BCUT2D eigenvalue weighted by atomic mass is 16.6. The lowest BCUT2D eigenvalue weighted by Gasteiger charge is -2.40. The highest BCUT2D eigenvalue weighted by Crippen LogP contribution is 2.44. The fourth-order valence-electron chi connectivity index (χ4n) is 5.07. The summed E-state index contributed by atoms with van der Waals surface area (Å²) in [6.07, 6.45) is 12.1. The summed E-state index contributed by atoms with van der Waals surface area (Å²) in [5.74, 6) is 0.295. The molecule has 1 aliphatic carbocycles. The first-order valence-electron chi connectivity index (χ1n) is 10.3. The van der Waals surface area contributed by atoms with Crippen LogP contribution in [0.4, 0.5) is 0 Å². The summed E-state index contributed by atoms with van der Waals surface area (Å²) < 4.78 is 5.75. The Morgan fingerprint density at radius 3 is 2.71 bits per heavy atom. The number of carbonyl (C=O) groups excluding carboxylic acids is 1. The molecule has 0 bridgehead atoms. The topological polar surface area (TPSA) is 49.8 Å². The molecule has 1 aromatic rings. The van der Waals surface area contributed by atoms with Crippen molar-refractivity contribution in [3.63, 3.8) is 0 Å². The Bertz CT molecular complexity index is 771. The molecule has 4 rings (SSSR count). The predicted molar refractivity (Wildman–Crippen MR) is 110 cm³/mol. The molecule has 3 aliphatic rings. The van der Waals surface area contributed by atoms with E-state index in [9.17, 15) is 9.90 Å². The van der Waals surface area contributed by atoms with Crippen LogP contribution in [0.5, 0.6) is 0 Å². The minimum absolute atomic E-state index is 0.0438. The first-order chi connectivity index (χ1) is 13.6. The normalized spacial score (nSPS) is 37.3. The van der Waals surface area contributed by atoms with Gasteiger partial charge in [-0.1, -0.05) is 55.5 Å². The molecule has 28 heavy (non-hydrogen) atoms. The molecule has 4 heteroatoms. The Labute approximate surface area is 167 Å². The van der Waals surface area contributed by atoms with Gasteiger partial charge in [0.25, 0.3) is 0 Å². The lowest BCUT2D eigenvalue weighted by Crippen LogP contribution is -2.47. The van der Waals surface area contributed by atoms with Crippen molar-refractivity contribution in [2.24, 2.45) is 17.8 Å². The van der Waals surface area contributed by atoms with E-state index in [2.05, 4.69) is 42.0 Å². The van der Waals surface area contributed by atoms with Gasteiger partial charge >= 0.3 is 5.97 Å². The van der Waals surface area contributed by atoms with Crippen LogP contribution in [-0.4, -0.2) is 40.3 Å². The number of hydrogen-bond donors (Lipinski definition) is 1. The maximum Gasteiger partial charge on any atom is 0.309 e. The number of aliphatic hydroxyl groups excluding tert-OH is 1. The molecule has 2 aliphatic heterocycles. The SMILES string of the molecule is C=CC[C@H]1[C@@H]2[C@@H](C=C[C@H]1O)C[C@@H]([C@@H]1C[C@H](C)C(=O)O1)N2/C=C/c1ccccc1. The summed E-state index contributed by atoms with van der Waals surface area (Å²) >= 11 is 0. The largest absolute Gasteiger partial charge is 0.460 e. The van der Waals surface area contributed by atoms with Crippen LogP contribution in [0, 0.1) is 17.8 Å². The number of carbonyl (C=O) groups is 1. The van der Waals surface area contributed by atoms with Gasteiger partial charge in [0.15, 0.2) is 0 Å². The van der Waals surface area contributed by atoms with Gasteiger partial charge in [0.2, 0.25) is 0 Å². The highest BCUT2D eigenvalue weighted by Gasteiger charge is 2.50. The van der Waals surface area contributed by atoms with Gasteiger partial charge in [-0.25, -0.2) is 0 Å². The second-order valence-electron chi connectivity index (χ2n) is 8.31. The first kappa shape index (κ1) is 19.0. The quantitative estimate of drug-likeness (QED) is 0.625. The highest BCUT2D eigenvalue weighted by molar-refractivity contribution is 5.74. The minimum Gasteiger partial charge on any atom is -0.460 e. The van der Waals surface area contributed by atoms with Crippen molar-refractivity contribution in [3.8, 4) is 0 Å². The lowest BCUT2D eigenvalue weighted by atomic mass is 9.78. The Kier molecular flexibility index (Phi) is 5.40. The number of rotatable bonds is 5. The van der Waals surface area contributed by atoms with Crippen molar-refractivity contribution in [1.29, 1.82) is 0 Å². The van der Waals surface area contributed by atoms with Gasteiger partial charge in [0, 0.05) is 18.2 Å². The average Bonchev–Trinajstić information content (AvgIpc) is 3.23. The zero-order valence-corrected chi connectivity index (χ0v) is 16.4. The molecular formula is C24H29NO3. The molecule has 0 unspecified atom stereocenters. The number of aliphatic hydroxyl groups is 1. The van der Waals surface area contributed by atoms with E-state index in [0.717, 1.165) is 24.8 Å². The monoisotopic (exact) mass is 379 g/mol. The first-order valence-corrected chi connectivity index (χ1v) is 10.3. The van der Waals surface area contributed by atoms with Gasteiger partial charge in [-0.05, 0) is 36.8 Å². The van der Waals surface area contributed by atoms with Gasteiger partial charge in [0.1, 0.15) is 6.10 Å². The number of benzene rings is 1. The molecule has 7 atom stereocenters. The van der Waals surface area contributed by atoms with Crippen molar-refractivity contribution in [1.82, 2.24) is 4.90 Å². The van der Waals surface area contributed by atoms with Gasteiger partial charge in [-0.15, -0.1) is 6.58 Å². The minimum atomic E-state index is -0.476. The van der Waals surface area contributed by atoms with E-state index in [1.165, 1.54) is 0 Å². The molecule has 2 heterocycles. The van der Waals surface area contributed by atoms with Crippen LogP contribution in [0.25, 0.3) is 6.08 Å². The molecule has 0 aromatic heterocycles. The van der Waals surface area contributed by atoms with E-state index in [1.54, 1.807) is 0 Å². The molecule has 2 fully saturated rings. The second kappa shape index (κ2) is 7.96. The third-order valence-electron chi connectivity index (χ3n) is 6.47. The number of hydrogen-bond acceptors (Lipinski definition) is 4. The van der Waals surface area contributed by atoms with E-state index in [4.69, 9.17) is 4.74 Å². The fourth-order valence-corrected chi connectivity index (χ4v) is 5.07. The van der Waals surface area contributed by atoms with Crippen molar-refractivity contribution in [2.45, 2.75) is 50.5 Å². The summed E-state index contributed by atoms with van der Waals surface area (Å²) in [4.78, 5) is 14.4. The Morgan fingerprint density at radius 1 is 1.25 bits per heavy atom. The maximum atomic E-state index is 12.0. The lowest BCUT2D eigenvalue weighted by molar-refractivity contribution is -0.145. The van der Waals surface area contributed by atoms with E-state index >= 15 is 0 Å². The molecule has 0 amide bonds. The van der Waals surface area contributed by atoms with Crippen LogP contribution in [0.15, 0.2) is 61.3 Å². The van der Waals surface area contributed by atoms with Gasteiger partial charge in [-0.2, -0.15) is 0 Å². The maximum absolute atomic E-state index is 12.0. The molecule has 2 saturated heterocycles. The third kappa shape index (κ3) is 3.53. The second-order valence-corrected chi connectivity index (χ2v) is 8.31. The van der Waals surface area contributed by atoms with E-state index in [0.29, 0.717) is 5.92 Å². The molecule has 1 aromatic carbocycles. The van der Waals surface area contributed by atoms with Crippen LogP contribution in [-0.2, 0) is 9.53 Å². The van der Waals surface area contributed by atoms with Crippen LogP contribution in [0.1, 0.15) is 31.7 Å². The average molecular weight is 380 g/mol. The summed E-state index contributed by atoms with van der Waals surface area (Å²) in [6.45, 7) is 5.84. The molecular weight excluding hydrogens is 350 g/mol. The van der Waals surface area contributed by atoms with Crippen molar-refractivity contribution >= 4 is 12.0 Å². The summed E-state index contributed by atoms with van der Waals surface area (Å²) in [6, 6.07) is 10.5. The molecule has 1 N–H and O–H groups in total. The van der Waals surface area contributed by atoms with Gasteiger partial charge < -0.3 is 14.7 Å². The number of ether oxygens (including phenoxy) is 1. The number of nitrogens with zero attached hydrogens (tertiary/aromatic N) is 1. The molecule has 4 nitrogen and oxygen atoms in total. The van der Waals surface area contributed by atoms with E-state index < -0.39 is 6.10 Å². The number of cyclic esters (lactones) is 1. The zero-order chi connectivity index (χ0) is 19.7. The molecule has 0 radical (unpaired) electrons. The Morgan fingerprint density at radius 2 is 2.04 bits per heavy atom. The van der Waals surface area contributed by atoms with Crippen LogP contribution < -0.4 is 0 Å². The fraction of sp³-hybridized carbons (Fsp3) is 0.458. The number of esters is 1. The zero-order valence-electron chi connectivity index (χ0n) is 16.4. The number of likely N-dealkylation sites (tertiary alicyclic amines) is 1. The standard InChI is InChI=1S/C24H29NO3/c1-3-7-19-21(26)11-10-18-15-20(22-14-16(2)24(27)28-22)25(23(18)19)13-12-17-8-5-4-6-9-17/h3-6,8-13,16,18-23,26H,1,7,14-15H2,2H3/b13-12+/t16-,18-,19+,20-,21+,22-,23-/m0/s1.